The van der Waals surface area contributed by atoms with Crippen molar-refractivity contribution in [1.82, 2.24) is 0 Å². The predicted molar refractivity (Wildman–Crippen MR) is 71.9 cm³/mol. The minimum atomic E-state index is -1.28. The average molecular weight is 269 g/mol. The Hall–Kier alpha value is -3.00. The highest BCUT2D eigenvalue weighted by molar-refractivity contribution is 5.96. The zero-order valence-corrected chi connectivity index (χ0v) is 10.7. The number of benzene rings is 1. The highest BCUT2D eigenvalue weighted by Gasteiger charge is 2.09. The minimum Gasteiger partial charge on any atom is -0.497 e. The Kier molecular flexibility index (Phi) is 3.87. The molecule has 0 aliphatic carbocycles. The molecule has 5 nitrogen and oxygen atoms in total. The van der Waals surface area contributed by atoms with Crippen molar-refractivity contribution >= 4 is 12.0 Å². The molecule has 1 heterocycles. The van der Waals surface area contributed by atoms with Gasteiger partial charge in [0.15, 0.2) is 0 Å². The van der Waals surface area contributed by atoms with Gasteiger partial charge < -0.3 is 14.3 Å². The van der Waals surface area contributed by atoms with Crippen LogP contribution in [0.15, 0.2) is 46.4 Å². The standard InChI is InChI=1S/C15H11NO4/c1-19-12-4-2-10(3-5-12)14-7-6-13(20-14)8-11(9-16)15(17)18/h2-8H,1H3,(H,17,18). The van der Waals surface area contributed by atoms with Crippen LogP contribution in [0.2, 0.25) is 0 Å². The van der Waals surface area contributed by atoms with E-state index in [4.69, 9.17) is 19.5 Å². The van der Waals surface area contributed by atoms with Crippen LogP contribution in [0.4, 0.5) is 0 Å². The van der Waals surface area contributed by atoms with Gasteiger partial charge in [-0.1, -0.05) is 0 Å². The zero-order chi connectivity index (χ0) is 14.5. The molecule has 1 aromatic carbocycles. The van der Waals surface area contributed by atoms with Gasteiger partial charge in [0.05, 0.1) is 7.11 Å². The Balaban J connectivity index is 2.29. The highest BCUT2D eigenvalue weighted by atomic mass is 16.5. The number of ether oxygens (including phenoxy) is 1. The smallest absolute Gasteiger partial charge is 0.346 e. The van der Waals surface area contributed by atoms with E-state index in [2.05, 4.69) is 0 Å². The summed E-state index contributed by atoms with van der Waals surface area (Å²) in [7, 11) is 1.58. The third kappa shape index (κ3) is 2.87. The van der Waals surface area contributed by atoms with Gasteiger partial charge in [-0.05, 0) is 36.4 Å². The molecule has 0 aliphatic heterocycles. The van der Waals surface area contributed by atoms with Crippen LogP contribution in [-0.2, 0) is 4.79 Å². The Morgan fingerprint density at radius 2 is 2.00 bits per heavy atom. The maximum Gasteiger partial charge on any atom is 0.346 e. The molecule has 20 heavy (non-hydrogen) atoms. The van der Waals surface area contributed by atoms with Crippen LogP contribution in [-0.4, -0.2) is 18.2 Å². The van der Waals surface area contributed by atoms with Crippen LogP contribution >= 0.6 is 0 Å². The zero-order valence-electron chi connectivity index (χ0n) is 10.7. The lowest BCUT2D eigenvalue weighted by atomic mass is 10.2. The van der Waals surface area contributed by atoms with Crippen molar-refractivity contribution in [2.75, 3.05) is 7.11 Å². The summed E-state index contributed by atoms with van der Waals surface area (Å²) in [6.45, 7) is 0. The number of methoxy groups -OCH3 is 1. The van der Waals surface area contributed by atoms with Gasteiger partial charge in [-0.15, -0.1) is 0 Å². The van der Waals surface area contributed by atoms with E-state index in [0.717, 1.165) is 11.3 Å². The van der Waals surface area contributed by atoms with Crippen molar-refractivity contribution in [3.63, 3.8) is 0 Å². The van der Waals surface area contributed by atoms with Crippen molar-refractivity contribution in [2.24, 2.45) is 0 Å². The molecule has 0 bridgehead atoms. The first-order chi connectivity index (χ1) is 9.63. The molecule has 5 heteroatoms. The topological polar surface area (TPSA) is 83.5 Å². The van der Waals surface area contributed by atoms with Crippen LogP contribution in [0, 0.1) is 11.3 Å². The van der Waals surface area contributed by atoms with Gasteiger partial charge in [-0.25, -0.2) is 4.79 Å². The number of nitriles is 1. The first-order valence-corrected chi connectivity index (χ1v) is 5.73. The van der Waals surface area contributed by atoms with E-state index in [1.54, 1.807) is 37.4 Å². The van der Waals surface area contributed by atoms with Gasteiger partial charge in [-0.2, -0.15) is 5.26 Å². The average Bonchev–Trinajstić information content (AvgIpc) is 2.93. The van der Waals surface area contributed by atoms with E-state index < -0.39 is 5.97 Å². The van der Waals surface area contributed by atoms with E-state index in [9.17, 15) is 4.79 Å². The summed E-state index contributed by atoms with van der Waals surface area (Å²) in [6.07, 6.45) is 1.19. The summed E-state index contributed by atoms with van der Waals surface area (Å²) in [6, 6.07) is 12.2. The maximum atomic E-state index is 10.7. The number of aliphatic carboxylic acids is 1. The molecule has 100 valence electrons. The number of furan rings is 1. The molecule has 0 radical (unpaired) electrons. The van der Waals surface area contributed by atoms with Crippen molar-refractivity contribution in [1.29, 1.82) is 5.26 Å². The number of nitrogens with zero attached hydrogens (tertiary/aromatic N) is 1. The molecule has 0 amide bonds. The van der Waals surface area contributed by atoms with Gasteiger partial charge >= 0.3 is 5.97 Å². The molecular weight excluding hydrogens is 258 g/mol. The Morgan fingerprint density at radius 1 is 1.30 bits per heavy atom. The second-order valence-corrected chi connectivity index (χ2v) is 3.91. The SMILES string of the molecule is COc1ccc(-c2ccc(C=C(C#N)C(=O)O)o2)cc1. The van der Waals surface area contributed by atoms with Crippen molar-refractivity contribution in [3.8, 4) is 23.1 Å². The highest BCUT2D eigenvalue weighted by Crippen LogP contribution is 2.25. The van der Waals surface area contributed by atoms with Crippen LogP contribution in [0.5, 0.6) is 5.75 Å². The number of hydrogen-bond acceptors (Lipinski definition) is 4. The summed E-state index contributed by atoms with van der Waals surface area (Å²) < 4.78 is 10.6. The normalized spacial score (nSPS) is 10.9. The Labute approximate surface area is 115 Å². The Morgan fingerprint density at radius 3 is 2.55 bits per heavy atom. The molecule has 0 saturated heterocycles. The first-order valence-electron chi connectivity index (χ1n) is 5.73. The van der Waals surface area contributed by atoms with Gasteiger partial charge in [-0.3, -0.25) is 0 Å². The number of carbonyl (C=O) groups is 1. The van der Waals surface area contributed by atoms with E-state index in [1.807, 2.05) is 12.1 Å². The van der Waals surface area contributed by atoms with Gasteiger partial charge in [0, 0.05) is 11.6 Å². The molecule has 0 unspecified atom stereocenters. The minimum absolute atomic E-state index is 0.315. The van der Waals surface area contributed by atoms with Crippen LogP contribution in [0.25, 0.3) is 17.4 Å². The van der Waals surface area contributed by atoms with E-state index in [-0.39, 0.29) is 5.57 Å². The summed E-state index contributed by atoms with van der Waals surface area (Å²) in [5.41, 5.74) is 0.458. The lowest BCUT2D eigenvalue weighted by Gasteiger charge is -2.00. The number of hydrogen-bond donors (Lipinski definition) is 1. The summed E-state index contributed by atoms with van der Waals surface area (Å²) >= 11 is 0. The van der Waals surface area contributed by atoms with Gasteiger partial charge in [0.1, 0.15) is 28.9 Å². The summed E-state index contributed by atoms with van der Waals surface area (Å²) in [5.74, 6) is 0.351. The van der Waals surface area contributed by atoms with Crippen molar-refractivity contribution in [3.05, 3.63) is 47.7 Å². The van der Waals surface area contributed by atoms with Crippen molar-refractivity contribution < 1.29 is 19.1 Å². The second-order valence-electron chi connectivity index (χ2n) is 3.91. The maximum absolute atomic E-state index is 10.7. The summed E-state index contributed by atoms with van der Waals surface area (Å²) in [4.78, 5) is 10.7. The molecular formula is C15H11NO4. The molecule has 0 spiro atoms. The third-order valence-electron chi connectivity index (χ3n) is 2.64. The molecule has 2 aromatic rings. The molecule has 0 saturated carbocycles. The second kappa shape index (κ2) is 5.76. The molecule has 1 N–H and O–H groups in total. The largest absolute Gasteiger partial charge is 0.497 e. The number of carboxylic acid groups (broad SMARTS) is 1. The van der Waals surface area contributed by atoms with E-state index >= 15 is 0 Å². The summed E-state index contributed by atoms with van der Waals surface area (Å²) in [5, 5.41) is 17.5. The molecule has 0 fully saturated rings. The van der Waals surface area contributed by atoms with Crippen LogP contribution in [0.1, 0.15) is 5.76 Å². The van der Waals surface area contributed by atoms with Crippen LogP contribution < -0.4 is 4.74 Å². The predicted octanol–water partition coefficient (Wildman–Crippen LogP) is 2.95. The lowest BCUT2D eigenvalue weighted by molar-refractivity contribution is -0.132. The van der Waals surface area contributed by atoms with E-state index in [1.165, 1.54) is 6.08 Å². The van der Waals surface area contributed by atoms with Crippen LogP contribution in [0.3, 0.4) is 0 Å². The first kappa shape index (κ1) is 13.4. The number of carboxylic acids is 1. The molecule has 0 atom stereocenters. The number of rotatable bonds is 4. The fraction of sp³-hybridized carbons (Fsp3) is 0.0667. The molecule has 1 aromatic heterocycles. The monoisotopic (exact) mass is 269 g/mol. The fourth-order valence-corrected chi connectivity index (χ4v) is 1.62. The fourth-order valence-electron chi connectivity index (χ4n) is 1.62. The van der Waals surface area contributed by atoms with E-state index in [0.29, 0.717) is 11.5 Å². The molecule has 0 aliphatic rings. The van der Waals surface area contributed by atoms with Gasteiger partial charge in [0.25, 0.3) is 0 Å². The Bertz CT molecular complexity index is 689. The van der Waals surface area contributed by atoms with Gasteiger partial charge in [0.2, 0.25) is 0 Å². The lowest BCUT2D eigenvalue weighted by Crippen LogP contribution is -1.96. The van der Waals surface area contributed by atoms with Crippen molar-refractivity contribution in [2.45, 2.75) is 0 Å². The quantitative estimate of drug-likeness (QED) is 0.681. The third-order valence-corrected chi connectivity index (χ3v) is 2.64. The molecule has 2 rings (SSSR count).